The molecule has 7 nitrogen and oxygen atoms in total. The molecule has 0 saturated carbocycles. The smallest absolute Gasteiger partial charge is 0.351 e. The molecule has 0 saturated heterocycles. The minimum Gasteiger partial charge on any atom is -0.387 e. The fourth-order valence-corrected chi connectivity index (χ4v) is 3.86. The zero-order valence-corrected chi connectivity index (χ0v) is 14.4. The maximum atomic E-state index is 13.0. The van der Waals surface area contributed by atoms with Crippen molar-refractivity contribution >= 4 is 22.8 Å². The van der Waals surface area contributed by atoms with E-state index in [9.17, 15) is 19.5 Å². The Kier molecular flexibility index (Phi) is 3.01. The third-order valence-corrected chi connectivity index (χ3v) is 5.36. The third kappa shape index (κ3) is 1.94. The lowest BCUT2D eigenvalue weighted by Gasteiger charge is -2.30. The van der Waals surface area contributed by atoms with Crippen molar-refractivity contribution in [2.24, 2.45) is 0 Å². The summed E-state index contributed by atoms with van der Waals surface area (Å²) >= 11 is 0. The fraction of sp³-hybridized carbons (Fsp3) is 0.200. The van der Waals surface area contributed by atoms with Gasteiger partial charge in [-0.15, -0.1) is 0 Å². The van der Waals surface area contributed by atoms with Crippen LogP contribution < -0.4 is 5.56 Å². The highest BCUT2D eigenvalue weighted by molar-refractivity contribution is 6.05. The zero-order chi connectivity index (χ0) is 18.9. The monoisotopic (exact) mass is 362 g/mol. The van der Waals surface area contributed by atoms with Crippen LogP contribution in [0.4, 0.5) is 0 Å². The normalized spacial score (nSPS) is 20.2. The van der Waals surface area contributed by atoms with Crippen molar-refractivity contribution in [3.63, 3.8) is 0 Å². The van der Waals surface area contributed by atoms with Gasteiger partial charge in [0.25, 0.3) is 5.56 Å². The molecule has 2 aliphatic heterocycles. The molecule has 1 unspecified atom stereocenters. The first-order valence-corrected chi connectivity index (χ1v) is 8.60. The van der Waals surface area contributed by atoms with Gasteiger partial charge in [0.1, 0.15) is 5.56 Å². The van der Waals surface area contributed by atoms with Gasteiger partial charge in [0.2, 0.25) is 0 Å². The molecule has 0 aliphatic carbocycles. The second kappa shape index (κ2) is 5.11. The highest BCUT2D eigenvalue weighted by Gasteiger charge is 2.48. The number of carbonyl (C=O) groups excluding carboxylic acids is 2. The summed E-state index contributed by atoms with van der Waals surface area (Å²) in [5.74, 6) is -2.08. The van der Waals surface area contributed by atoms with E-state index in [1.165, 1.54) is 10.6 Å². The summed E-state index contributed by atoms with van der Waals surface area (Å²) < 4.78 is 6.08. The van der Waals surface area contributed by atoms with Crippen LogP contribution in [0.3, 0.4) is 0 Å². The number of cyclic esters (lactones) is 2. The van der Waals surface area contributed by atoms with Crippen LogP contribution in [-0.2, 0) is 21.7 Å². The molecule has 1 aromatic carbocycles. The molecule has 0 spiro atoms. The lowest BCUT2D eigenvalue weighted by atomic mass is 9.85. The first-order chi connectivity index (χ1) is 12.9. The van der Waals surface area contributed by atoms with E-state index in [-0.39, 0.29) is 24.1 Å². The molecule has 2 aromatic heterocycles. The second-order valence-electron chi connectivity index (χ2n) is 6.79. The summed E-state index contributed by atoms with van der Waals surface area (Å²) in [6, 6.07) is 11.1. The molecular formula is C20H14N2O5. The van der Waals surface area contributed by atoms with E-state index < -0.39 is 23.1 Å². The number of benzene rings is 1. The summed E-state index contributed by atoms with van der Waals surface area (Å²) in [6.45, 7) is 1.85. The second-order valence-corrected chi connectivity index (χ2v) is 6.79. The van der Waals surface area contributed by atoms with Crippen LogP contribution in [0.2, 0.25) is 0 Å². The topological polar surface area (TPSA) is 98.5 Å². The van der Waals surface area contributed by atoms with Crippen molar-refractivity contribution in [2.75, 3.05) is 0 Å². The van der Waals surface area contributed by atoms with E-state index >= 15 is 0 Å². The van der Waals surface area contributed by atoms with Gasteiger partial charge in [-0.2, -0.15) is 0 Å². The van der Waals surface area contributed by atoms with Gasteiger partial charge >= 0.3 is 11.9 Å². The van der Waals surface area contributed by atoms with Gasteiger partial charge in [-0.05, 0) is 24.6 Å². The SMILES string of the molecule is CCC1(O)C(=O)OC(=O)c2c1cc1n(c2=O)Cc2cc3ccccc3nc2-1. The Morgan fingerprint density at radius 3 is 2.78 bits per heavy atom. The molecule has 1 N–H and O–H groups in total. The van der Waals surface area contributed by atoms with Crippen LogP contribution in [-0.4, -0.2) is 26.6 Å². The summed E-state index contributed by atoms with van der Waals surface area (Å²) in [5.41, 5.74) is -0.215. The molecule has 3 aromatic rings. The van der Waals surface area contributed by atoms with E-state index in [0.29, 0.717) is 11.4 Å². The molecule has 1 atom stereocenters. The summed E-state index contributed by atoms with van der Waals surface area (Å²) in [7, 11) is 0. The number of rotatable bonds is 1. The van der Waals surface area contributed by atoms with Crippen molar-refractivity contribution < 1.29 is 19.4 Å². The lowest BCUT2D eigenvalue weighted by Crippen LogP contribution is -2.47. The summed E-state index contributed by atoms with van der Waals surface area (Å²) in [5, 5.41) is 11.7. The number of esters is 2. The van der Waals surface area contributed by atoms with Crippen molar-refractivity contribution in [3.8, 4) is 11.4 Å². The van der Waals surface area contributed by atoms with E-state index in [2.05, 4.69) is 9.72 Å². The van der Waals surface area contributed by atoms with Crippen molar-refractivity contribution in [1.82, 2.24) is 9.55 Å². The molecule has 134 valence electrons. The average Bonchev–Trinajstić information content (AvgIpc) is 3.02. The maximum Gasteiger partial charge on any atom is 0.351 e. The van der Waals surface area contributed by atoms with Crippen LogP contribution in [0.5, 0.6) is 0 Å². The summed E-state index contributed by atoms with van der Waals surface area (Å²) in [6.07, 6.45) is -0.0208. The van der Waals surface area contributed by atoms with Crippen LogP contribution >= 0.6 is 0 Å². The average molecular weight is 362 g/mol. The predicted octanol–water partition coefficient (Wildman–Crippen LogP) is 1.72. The number of aromatic nitrogens is 2. The number of pyridine rings is 2. The van der Waals surface area contributed by atoms with Crippen molar-refractivity contribution in [2.45, 2.75) is 25.5 Å². The lowest BCUT2D eigenvalue weighted by molar-refractivity contribution is -0.162. The fourth-order valence-electron chi connectivity index (χ4n) is 3.86. The minimum atomic E-state index is -2.03. The Morgan fingerprint density at radius 2 is 2.00 bits per heavy atom. The van der Waals surface area contributed by atoms with E-state index in [0.717, 1.165) is 16.5 Å². The van der Waals surface area contributed by atoms with Gasteiger partial charge in [-0.3, -0.25) is 4.79 Å². The van der Waals surface area contributed by atoms with Gasteiger partial charge < -0.3 is 14.4 Å². The van der Waals surface area contributed by atoms with Gasteiger partial charge in [-0.1, -0.05) is 25.1 Å². The first kappa shape index (κ1) is 15.9. The largest absolute Gasteiger partial charge is 0.387 e. The molecular weight excluding hydrogens is 348 g/mol. The molecule has 0 amide bonds. The molecule has 0 fully saturated rings. The Hall–Kier alpha value is -3.32. The van der Waals surface area contributed by atoms with Crippen LogP contribution in [0, 0.1) is 0 Å². The number of nitrogens with zero attached hydrogens (tertiary/aromatic N) is 2. The Balaban J connectivity index is 1.84. The quantitative estimate of drug-likeness (QED) is 0.409. The Labute approximate surface area is 152 Å². The summed E-state index contributed by atoms with van der Waals surface area (Å²) in [4.78, 5) is 42.0. The zero-order valence-electron chi connectivity index (χ0n) is 14.4. The molecule has 7 heteroatoms. The van der Waals surface area contributed by atoms with Crippen molar-refractivity contribution in [1.29, 1.82) is 0 Å². The van der Waals surface area contributed by atoms with Gasteiger partial charge in [-0.25, -0.2) is 14.6 Å². The first-order valence-electron chi connectivity index (χ1n) is 8.60. The van der Waals surface area contributed by atoms with Gasteiger partial charge in [0, 0.05) is 16.5 Å². The molecule has 5 rings (SSSR count). The highest BCUT2D eigenvalue weighted by Crippen LogP contribution is 2.38. The molecule has 27 heavy (non-hydrogen) atoms. The Morgan fingerprint density at radius 1 is 1.22 bits per heavy atom. The predicted molar refractivity (Wildman–Crippen MR) is 95.2 cm³/mol. The molecule has 4 heterocycles. The number of ether oxygens (including phenoxy) is 1. The number of aliphatic hydroxyl groups is 1. The molecule has 0 bridgehead atoms. The number of carbonyl (C=O) groups is 2. The van der Waals surface area contributed by atoms with Crippen LogP contribution in [0.1, 0.15) is 34.8 Å². The Bertz CT molecular complexity index is 1240. The number of para-hydroxylation sites is 1. The van der Waals surface area contributed by atoms with E-state index in [1.807, 2.05) is 30.3 Å². The third-order valence-electron chi connectivity index (χ3n) is 5.36. The van der Waals surface area contributed by atoms with Crippen molar-refractivity contribution in [3.05, 3.63) is 63.4 Å². The van der Waals surface area contributed by atoms with E-state index in [4.69, 9.17) is 0 Å². The number of hydrogen-bond acceptors (Lipinski definition) is 6. The van der Waals surface area contributed by atoms with Gasteiger partial charge in [0.15, 0.2) is 5.60 Å². The van der Waals surface area contributed by atoms with E-state index in [1.54, 1.807) is 6.92 Å². The molecule has 0 radical (unpaired) electrons. The van der Waals surface area contributed by atoms with Crippen LogP contribution in [0.15, 0.2) is 41.2 Å². The maximum absolute atomic E-state index is 13.0. The minimum absolute atomic E-state index is 0.00897. The van der Waals surface area contributed by atoms with Gasteiger partial charge in [0.05, 0.1) is 23.4 Å². The standard InChI is InChI=1S/C20H14N2O5/c1-2-20(26)12-8-14-16-11(7-10-5-3-4-6-13(10)21-16)9-22(14)17(23)15(12)18(24)27-19(20)25/h3-8,26H,2,9H2,1H3. The highest BCUT2D eigenvalue weighted by atomic mass is 16.6. The van der Waals surface area contributed by atoms with Crippen LogP contribution in [0.25, 0.3) is 22.3 Å². The number of fused-ring (bicyclic) bond motifs is 5. The molecule has 2 aliphatic rings. The number of hydrogen-bond donors (Lipinski definition) is 1.